The van der Waals surface area contributed by atoms with Crippen molar-refractivity contribution in [1.29, 1.82) is 0 Å². The average Bonchev–Trinajstić information content (AvgIpc) is 3.06. The van der Waals surface area contributed by atoms with Gasteiger partial charge in [-0.2, -0.15) is 4.31 Å². The van der Waals surface area contributed by atoms with Crippen LogP contribution in [0.5, 0.6) is 0 Å². The number of sulfonamides is 1. The second-order valence-electron chi connectivity index (χ2n) is 5.70. The molecule has 3 rings (SSSR count). The summed E-state index contributed by atoms with van der Waals surface area (Å²) in [6.45, 7) is 4.80. The highest BCUT2D eigenvalue weighted by atomic mass is 32.2. The summed E-state index contributed by atoms with van der Waals surface area (Å²) in [7, 11) is -3.36. The smallest absolute Gasteiger partial charge is 0.244 e. The van der Waals surface area contributed by atoms with E-state index in [2.05, 4.69) is 12.2 Å². The summed E-state index contributed by atoms with van der Waals surface area (Å²) in [6, 6.07) is 1.81. The van der Waals surface area contributed by atoms with Gasteiger partial charge in [-0.1, -0.05) is 6.92 Å². The number of nitrogens with zero attached hydrogens (tertiary/aromatic N) is 1. The Morgan fingerprint density at radius 3 is 2.76 bits per heavy atom. The van der Waals surface area contributed by atoms with Crippen molar-refractivity contribution in [3.63, 3.8) is 0 Å². The molecule has 2 atom stereocenters. The first-order valence-corrected chi connectivity index (χ1v) is 9.85. The van der Waals surface area contributed by atoms with Gasteiger partial charge in [-0.15, -0.1) is 11.3 Å². The van der Waals surface area contributed by atoms with E-state index >= 15 is 0 Å². The molecular formula is C14H22N2O3S2. The van der Waals surface area contributed by atoms with E-state index in [-0.39, 0.29) is 12.2 Å². The van der Waals surface area contributed by atoms with E-state index in [9.17, 15) is 8.42 Å². The number of fused-ring (bicyclic) bond motifs is 2. The molecule has 0 aliphatic carbocycles. The lowest BCUT2D eigenvalue weighted by Gasteiger charge is -2.30. The lowest BCUT2D eigenvalue weighted by Crippen LogP contribution is -2.45. The largest absolute Gasteiger partial charge is 0.372 e. The van der Waals surface area contributed by atoms with E-state index in [1.54, 1.807) is 15.8 Å². The number of hydrogen-bond donors (Lipinski definition) is 1. The maximum atomic E-state index is 12.7. The van der Waals surface area contributed by atoms with Crippen LogP contribution >= 0.6 is 11.3 Å². The topological polar surface area (TPSA) is 58.6 Å². The molecule has 2 fully saturated rings. The van der Waals surface area contributed by atoms with E-state index in [1.165, 1.54) is 11.3 Å². The minimum Gasteiger partial charge on any atom is -0.372 e. The van der Waals surface area contributed by atoms with Gasteiger partial charge in [0.1, 0.15) is 0 Å². The molecule has 5 nitrogen and oxygen atoms in total. The van der Waals surface area contributed by atoms with Gasteiger partial charge in [0.15, 0.2) is 0 Å². The van der Waals surface area contributed by atoms with E-state index in [1.807, 2.05) is 0 Å². The number of hydrogen-bond acceptors (Lipinski definition) is 5. The van der Waals surface area contributed by atoms with Gasteiger partial charge < -0.3 is 10.1 Å². The molecule has 1 N–H and O–H groups in total. The summed E-state index contributed by atoms with van der Waals surface area (Å²) in [5, 5.41) is 5.06. The number of thiophene rings is 1. The van der Waals surface area contributed by atoms with Crippen LogP contribution in [0.25, 0.3) is 0 Å². The zero-order chi connectivity index (χ0) is 14.9. The molecule has 1 aromatic heterocycles. The van der Waals surface area contributed by atoms with E-state index in [4.69, 9.17) is 4.74 Å². The molecule has 2 saturated heterocycles. The summed E-state index contributed by atoms with van der Waals surface area (Å²) < 4.78 is 32.7. The molecule has 2 aliphatic rings. The Labute approximate surface area is 130 Å². The van der Waals surface area contributed by atoms with Crippen molar-refractivity contribution in [3.05, 3.63) is 16.3 Å². The van der Waals surface area contributed by atoms with Crippen molar-refractivity contribution in [2.75, 3.05) is 19.6 Å². The Hall–Kier alpha value is -0.470. The van der Waals surface area contributed by atoms with Crippen molar-refractivity contribution in [3.8, 4) is 0 Å². The second-order valence-corrected chi connectivity index (χ2v) is 8.64. The minimum absolute atomic E-state index is 0.0860. The highest BCUT2D eigenvalue weighted by Crippen LogP contribution is 2.31. The highest BCUT2D eigenvalue weighted by Gasteiger charge is 2.39. The number of ether oxygens (including phenoxy) is 1. The third-order valence-electron chi connectivity index (χ3n) is 4.00. The van der Waals surface area contributed by atoms with Gasteiger partial charge in [0, 0.05) is 29.9 Å². The van der Waals surface area contributed by atoms with Crippen molar-refractivity contribution < 1.29 is 13.2 Å². The monoisotopic (exact) mass is 330 g/mol. The summed E-state index contributed by atoms with van der Waals surface area (Å²) in [5.41, 5.74) is 0. The predicted octanol–water partition coefficient (Wildman–Crippen LogP) is 1.80. The minimum atomic E-state index is -3.36. The molecule has 0 spiro atoms. The fraction of sp³-hybridized carbons (Fsp3) is 0.714. The highest BCUT2D eigenvalue weighted by molar-refractivity contribution is 7.89. The molecule has 3 heterocycles. The van der Waals surface area contributed by atoms with Crippen LogP contribution in [0.3, 0.4) is 0 Å². The maximum Gasteiger partial charge on any atom is 0.244 e. The van der Waals surface area contributed by atoms with E-state index < -0.39 is 10.0 Å². The standard InChI is InChI=1S/C14H22N2O3S2/c1-2-5-15-7-13-6-14(10-20-13)21(17,18)16-8-11-3-4-12(9-16)19-11/h6,10-12,15H,2-5,7-9H2,1H3. The first-order valence-electron chi connectivity index (χ1n) is 7.53. The van der Waals surface area contributed by atoms with Gasteiger partial charge in [0.25, 0.3) is 0 Å². The Kier molecular flexibility index (Phi) is 4.66. The van der Waals surface area contributed by atoms with Crippen LogP contribution in [-0.2, 0) is 21.3 Å². The molecule has 0 saturated carbocycles. The molecule has 21 heavy (non-hydrogen) atoms. The molecule has 0 aromatic carbocycles. The molecule has 2 unspecified atom stereocenters. The summed E-state index contributed by atoms with van der Waals surface area (Å²) in [4.78, 5) is 1.50. The first kappa shape index (κ1) is 15.4. The Balaban J connectivity index is 1.70. The van der Waals surface area contributed by atoms with Crippen LogP contribution in [-0.4, -0.2) is 44.6 Å². The fourth-order valence-corrected chi connectivity index (χ4v) is 5.64. The lowest BCUT2D eigenvalue weighted by atomic mass is 10.2. The zero-order valence-corrected chi connectivity index (χ0v) is 13.9. The molecular weight excluding hydrogens is 308 g/mol. The van der Waals surface area contributed by atoms with Crippen LogP contribution in [0.1, 0.15) is 31.1 Å². The van der Waals surface area contributed by atoms with E-state index in [0.717, 1.165) is 37.2 Å². The van der Waals surface area contributed by atoms with Crippen molar-refractivity contribution in [2.45, 2.75) is 49.8 Å². The van der Waals surface area contributed by atoms with Crippen molar-refractivity contribution >= 4 is 21.4 Å². The quantitative estimate of drug-likeness (QED) is 0.808. The maximum absolute atomic E-state index is 12.7. The van der Waals surface area contributed by atoms with Crippen LogP contribution < -0.4 is 5.32 Å². The van der Waals surface area contributed by atoms with Crippen molar-refractivity contribution in [2.24, 2.45) is 0 Å². The second kappa shape index (κ2) is 6.34. The molecule has 7 heteroatoms. The van der Waals surface area contributed by atoms with Crippen LogP contribution in [0.2, 0.25) is 0 Å². The molecule has 118 valence electrons. The van der Waals surface area contributed by atoms with Gasteiger partial charge in [-0.25, -0.2) is 8.42 Å². The van der Waals surface area contributed by atoms with Gasteiger partial charge in [0.05, 0.1) is 17.1 Å². The lowest BCUT2D eigenvalue weighted by molar-refractivity contribution is -0.0114. The van der Waals surface area contributed by atoms with Crippen LogP contribution in [0.15, 0.2) is 16.3 Å². The Bertz CT molecular complexity index is 573. The number of nitrogens with one attached hydrogen (secondary N) is 1. The predicted molar refractivity (Wildman–Crippen MR) is 83.0 cm³/mol. The fourth-order valence-electron chi connectivity index (χ4n) is 2.90. The first-order chi connectivity index (χ1) is 10.1. The van der Waals surface area contributed by atoms with Gasteiger partial charge >= 0.3 is 0 Å². The average molecular weight is 330 g/mol. The Morgan fingerprint density at radius 2 is 2.10 bits per heavy atom. The number of morpholine rings is 1. The SMILES string of the molecule is CCCNCc1cc(S(=O)(=O)N2CC3CCC(C2)O3)cs1. The molecule has 0 amide bonds. The summed E-state index contributed by atoms with van der Waals surface area (Å²) in [6.07, 6.45) is 3.21. The number of rotatable bonds is 6. The van der Waals surface area contributed by atoms with Gasteiger partial charge in [-0.3, -0.25) is 0 Å². The van der Waals surface area contributed by atoms with Gasteiger partial charge in [-0.05, 0) is 31.9 Å². The summed E-state index contributed by atoms with van der Waals surface area (Å²) in [5.74, 6) is 0. The molecule has 2 aliphatic heterocycles. The van der Waals surface area contributed by atoms with Crippen molar-refractivity contribution in [1.82, 2.24) is 9.62 Å². The molecule has 2 bridgehead atoms. The van der Waals surface area contributed by atoms with Crippen LogP contribution in [0.4, 0.5) is 0 Å². The van der Waals surface area contributed by atoms with E-state index in [0.29, 0.717) is 18.0 Å². The summed E-state index contributed by atoms with van der Waals surface area (Å²) >= 11 is 1.51. The van der Waals surface area contributed by atoms with Crippen LogP contribution in [0, 0.1) is 0 Å². The van der Waals surface area contributed by atoms with Gasteiger partial charge in [0.2, 0.25) is 10.0 Å². The Morgan fingerprint density at radius 1 is 1.38 bits per heavy atom. The molecule has 0 radical (unpaired) electrons. The zero-order valence-electron chi connectivity index (χ0n) is 12.2. The normalized spacial score (nSPS) is 26.3. The molecule has 1 aromatic rings. The third-order valence-corrected chi connectivity index (χ3v) is 6.90. The third kappa shape index (κ3) is 3.32.